The van der Waals surface area contributed by atoms with E-state index in [0.29, 0.717) is 11.0 Å². The SMILES string of the molecule is COc1ccc(-c2nnc(SCc3ccccc3C)n2N)cc1. The lowest BCUT2D eigenvalue weighted by Crippen LogP contribution is -2.11. The monoisotopic (exact) mass is 326 g/mol. The lowest BCUT2D eigenvalue weighted by Gasteiger charge is -2.06. The molecule has 0 fully saturated rings. The Hall–Kier alpha value is -2.47. The molecule has 2 aromatic carbocycles. The van der Waals surface area contributed by atoms with Gasteiger partial charge in [-0.05, 0) is 42.3 Å². The molecule has 23 heavy (non-hydrogen) atoms. The van der Waals surface area contributed by atoms with Gasteiger partial charge in [-0.2, -0.15) is 0 Å². The second kappa shape index (κ2) is 6.75. The Bertz CT molecular complexity index is 799. The summed E-state index contributed by atoms with van der Waals surface area (Å²) in [5.74, 6) is 8.39. The summed E-state index contributed by atoms with van der Waals surface area (Å²) in [4.78, 5) is 0. The average molecular weight is 326 g/mol. The molecule has 0 unspecified atom stereocenters. The van der Waals surface area contributed by atoms with Gasteiger partial charge in [-0.1, -0.05) is 36.0 Å². The van der Waals surface area contributed by atoms with Crippen molar-refractivity contribution in [1.29, 1.82) is 0 Å². The van der Waals surface area contributed by atoms with E-state index < -0.39 is 0 Å². The van der Waals surface area contributed by atoms with Crippen LogP contribution in [-0.2, 0) is 5.75 Å². The third kappa shape index (κ3) is 3.32. The molecule has 0 saturated heterocycles. The number of methoxy groups -OCH3 is 1. The van der Waals surface area contributed by atoms with Gasteiger partial charge in [0.25, 0.3) is 0 Å². The molecule has 0 aliphatic rings. The van der Waals surface area contributed by atoms with E-state index in [4.69, 9.17) is 10.6 Å². The van der Waals surface area contributed by atoms with Crippen molar-refractivity contribution in [3.05, 3.63) is 59.7 Å². The van der Waals surface area contributed by atoms with Crippen LogP contribution < -0.4 is 10.6 Å². The number of benzene rings is 2. The summed E-state index contributed by atoms with van der Waals surface area (Å²) >= 11 is 1.58. The van der Waals surface area contributed by atoms with E-state index in [1.165, 1.54) is 15.8 Å². The molecule has 0 atom stereocenters. The molecule has 1 heterocycles. The van der Waals surface area contributed by atoms with E-state index in [1.54, 1.807) is 18.9 Å². The van der Waals surface area contributed by atoms with Crippen LogP contribution >= 0.6 is 11.8 Å². The molecule has 0 saturated carbocycles. The summed E-state index contributed by atoms with van der Waals surface area (Å²) in [6, 6.07) is 15.9. The van der Waals surface area contributed by atoms with Crippen molar-refractivity contribution in [3.63, 3.8) is 0 Å². The van der Waals surface area contributed by atoms with Crippen molar-refractivity contribution in [1.82, 2.24) is 14.9 Å². The minimum Gasteiger partial charge on any atom is -0.497 e. The fourth-order valence-electron chi connectivity index (χ4n) is 2.23. The van der Waals surface area contributed by atoms with E-state index in [2.05, 4.69) is 29.3 Å². The smallest absolute Gasteiger partial charge is 0.210 e. The highest BCUT2D eigenvalue weighted by atomic mass is 32.2. The highest BCUT2D eigenvalue weighted by Crippen LogP contribution is 2.26. The van der Waals surface area contributed by atoms with Gasteiger partial charge < -0.3 is 10.6 Å². The van der Waals surface area contributed by atoms with Gasteiger partial charge >= 0.3 is 0 Å². The molecule has 118 valence electrons. The molecule has 5 nitrogen and oxygen atoms in total. The van der Waals surface area contributed by atoms with Crippen LogP contribution in [0, 0.1) is 6.92 Å². The maximum absolute atomic E-state index is 6.15. The number of aryl methyl sites for hydroxylation is 1. The summed E-state index contributed by atoms with van der Waals surface area (Å²) in [5, 5.41) is 9.10. The molecule has 1 aromatic heterocycles. The summed E-state index contributed by atoms with van der Waals surface area (Å²) in [5.41, 5.74) is 3.44. The van der Waals surface area contributed by atoms with E-state index in [1.807, 2.05) is 36.4 Å². The Labute approximate surface area is 139 Å². The minimum absolute atomic E-state index is 0.639. The third-order valence-corrected chi connectivity index (χ3v) is 4.62. The van der Waals surface area contributed by atoms with Crippen LogP contribution in [0.1, 0.15) is 11.1 Å². The van der Waals surface area contributed by atoms with Crippen molar-refractivity contribution in [2.75, 3.05) is 13.0 Å². The van der Waals surface area contributed by atoms with Gasteiger partial charge in [0, 0.05) is 11.3 Å². The Balaban J connectivity index is 1.77. The van der Waals surface area contributed by atoms with Gasteiger partial charge in [0.15, 0.2) is 5.82 Å². The number of rotatable bonds is 5. The number of ether oxygens (including phenoxy) is 1. The highest BCUT2D eigenvalue weighted by molar-refractivity contribution is 7.98. The van der Waals surface area contributed by atoms with Crippen molar-refractivity contribution < 1.29 is 4.74 Å². The number of nitrogen functional groups attached to an aromatic ring is 1. The van der Waals surface area contributed by atoms with Crippen LogP contribution in [0.2, 0.25) is 0 Å². The lowest BCUT2D eigenvalue weighted by molar-refractivity contribution is 0.415. The first-order valence-corrected chi connectivity index (χ1v) is 8.20. The zero-order valence-electron chi connectivity index (χ0n) is 13.1. The number of nitrogens with zero attached hydrogens (tertiary/aromatic N) is 3. The first kappa shape index (κ1) is 15.4. The summed E-state index contributed by atoms with van der Waals surface area (Å²) in [6.07, 6.45) is 0. The Morgan fingerprint density at radius 2 is 1.83 bits per heavy atom. The molecule has 3 rings (SSSR count). The van der Waals surface area contributed by atoms with Gasteiger partial charge in [-0.3, -0.25) is 0 Å². The predicted molar refractivity (Wildman–Crippen MR) is 92.9 cm³/mol. The molecule has 0 aliphatic heterocycles. The minimum atomic E-state index is 0.639. The molecule has 0 radical (unpaired) electrons. The van der Waals surface area contributed by atoms with Crippen LogP contribution in [-0.4, -0.2) is 22.0 Å². The van der Waals surface area contributed by atoms with Crippen molar-refractivity contribution in [2.45, 2.75) is 17.8 Å². The van der Waals surface area contributed by atoms with E-state index in [9.17, 15) is 0 Å². The van der Waals surface area contributed by atoms with Crippen LogP contribution in [0.25, 0.3) is 11.4 Å². The standard InChI is InChI=1S/C17H18N4OS/c1-12-5-3-4-6-14(12)11-23-17-20-19-16(21(17)18)13-7-9-15(22-2)10-8-13/h3-10H,11,18H2,1-2H3. The Morgan fingerprint density at radius 3 is 2.52 bits per heavy atom. The third-order valence-electron chi connectivity index (χ3n) is 3.63. The molecule has 0 bridgehead atoms. The quantitative estimate of drug-likeness (QED) is 0.576. The maximum Gasteiger partial charge on any atom is 0.210 e. The largest absolute Gasteiger partial charge is 0.497 e. The second-order valence-corrected chi connectivity index (χ2v) is 6.06. The zero-order chi connectivity index (χ0) is 16.2. The molecule has 3 aromatic rings. The van der Waals surface area contributed by atoms with Crippen molar-refractivity contribution in [3.8, 4) is 17.1 Å². The molecule has 0 amide bonds. The molecular formula is C17H18N4OS. The van der Waals surface area contributed by atoms with Crippen LogP contribution in [0.15, 0.2) is 53.7 Å². The topological polar surface area (TPSA) is 66.0 Å². The second-order valence-electron chi connectivity index (χ2n) is 5.12. The van der Waals surface area contributed by atoms with Gasteiger partial charge in [0.2, 0.25) is 5.16 Å². The van der Waals surface area contributed by atoms with E-state index in [0.717, 1.165) is 17.1 Å². The lowest BCUT2D eigenvalue weighted by atomic mass is 10.1. The van der Waals surface area contributed by atoms with Gasteiger partial charge in [0.1, 0.15) is 5.75 Å². The van der Waals surface area contributed by atoms with Crippen LogP contribution in [0.4, 0.5) is 0 Å². The summed E-state index contributed by atoms with van der Waals surface area (Å²) in [7, 11) is 1.64. The molecular weight excluding hydrogens is 308 g/mol. The summed E-state index contributed by atoms with van der Waals surface area (Å²) in [6.45, 7) is 2.10. The number of hydrogen-bond donors (Lipinski definition) is 1. The molecule has 2 N–H and O–H groups in total. The van der Waals surface area contributed by atoms with E-state index in [-0.39, 0.29) is 0 Å². The fraction of sp³-hybridized carbons (Fsp3) is 0.176. The fourth-order valence-corrected chi connectivity index (χ4v) is 3.16. The first-order valence-electron chi connectivity index (χ1n) is 7.21. The average Bonchev–Trinajstić information content (AvgIpc) is 2.95. The summed E-state index contributed by atoms with van der Waals surface area (Å²) < 4.78 is 6.69. The first-order chi connectivity index (χ1) is 11.2. The van der Waals surface area contributed by atoms with Crippen molar-refractivity contribution in [2.24, 2.45) is 0 Å². The highest BCUT2D eigenvalue weighted by Gasteiger charge is 2.12. The molecule has 6 heteroatoms. The van der Waals surface area contributed by atoms with E-state index >= 15 is 0 Å². The van der Waals surface area contributed by atoms with Gasteiger partial charge in [-0.15, -0.1) is 10.2 Å². The number of nitrogens with two attached hydrogens (primary N) is 1. The number of aromatic nitrogens is 3. The molecule has 0 spiro atoms. The van der Waals surface area contributed by atoms with Gasteiger partial charge in [-0.25, -0.2) is 4.68 Å². The predicted octanol–water partition coefficient (Wildman–Crippen LogP) is 3.27. The number of thioether (sulfide) groups is 1. The zero-order valence-corrected chi connectivity index (χ0v) is 13.9. The maximum atomic E-state index is 6.15. The molecule has 0 aliphatic carbocycles. The van der Waals surface area contributed by atoms with Crippen LogP contribution in [0.3, 0.4) is 0 Å². The van der Waals surface area contributed by atoms with Crippen LogP contribution in [0.5, 0.6) is 5.75 Å². The van der Waals surface area contributed by atoms with Crippen molar-refractivity contribution >= 4 is 11.8 Å². The number of hydrogen-bond acceptors (Lipinski definition) is 5. The normalized spacial score (nSPS) is 10.7. The van der Waals surface area contributed by atoms with Gasteiger partial charge in [0.05, 0.1) is 7.11 Å². The Morgan fingerprint density at radius 1 is 1.09 bits per heavy atom. The Kier molecular flexibility index (Phi) is 4.52.